The van der Waals surface area contributed by atoms with Crippen LogP contribution in [0.25, 0.3) is 16.6 Å². The lowest BCUT2D eigenvalue weighted by atomic mass is 10.2. The molecule has 0 saturated carbocycles. The van der Waals surface area contributed by atoms with Crippen molar-refractivity contribution in [2.75, 3.05) is 0 Å². The second-order valence-electron chi connectivity index (χ2n) is 5.39. The zero-order valence-corrected chi connectivity index (χ0v) is 13.8. The van der Waals surface area contributed by atoms with Crippen LogP contribution in [-0.2, 0) is 9.59 Å². The summed E-state index contributed by atoms with van der Waals surface area (Å²) in [6.07, 6.45) is 1.56. The van der Waals surface area contributed by atoms with Crippen molar-refractivity contribution in [1.82, 2.24) is 9.78 Å². The third-order valence-electron chi connectivity index (χ3n) is 3.39. The number of hydrogen-bond donors (Lipinski definition) is 0. The van der Waals surface area contributed by atoms with Gasteiger partial charge in [0.2, 0.25) is 0 Å². The topological polar surface area (TPSA) is 114 Å². The number of nitro benzene ring substituents is 1. The Morgan fingerprint density at radius 2 is 1.81 bits per heavy atom. The molecule has 0 atom stereocenters. The predicted molar refractivity (Wildman–Crippen MR) is 90.3 cm³/mol. The van der Waals surface area contributed by atoms with Gasteiger partial charge in [-0.05, 0) is 18.2 Å². The highest BCUT2D eigenvalue weighted by atomic mass is 16.6. The zero-order valence-electron chi connectivity index (χ0n) is 13.8. The fourth-order valence-corrected chi connectivity index (χ4v) is 2.40. The number of benzene rings is 2. The van der Waals surface area contributed by atoms with Gasteiger partial charge in [-0.1, -0.05) is 0 Å². The van der Waals surface area contributed by atoms with Crippen LogP contribution in [0.2, 0.25) is 0 Å². The maximum Gasteiger partial charge on any atom is 0.308 e. The Morgan fingerprint density at radius 1 is 1.08 bits per heavy atom. The van der Waals surface area contributed by atoms with E-state index in [2.05, 4.69) is 5.10 Å². The Kier molecular flexibility index (Phi) is 4.36. The average molecular weight is 355 g/mol. The second-order valence-corrected chi connectivity index (χ2v) is 5.39. The number of carbonyl (C=O) groups is 2. The summed E-state index contributed by atoms with van der Waals surface area (Å²) >= 11 is 0. The molecule has 0 N–H and O–H groups in total. The normalized spacial score (nSPS) is 10.5. The average Bonchev–Trinajstić information content (AvgIpc) is 2.98. The van der Waals surface area contributed by atoms with Crippen molar-refractivity contribution in [1.29, 1.82) is 0 Å². The first-order valence-electron chi connectivity index (χ1n) is 7.48. The zero-order chi connectivity index (χ0) is 18.8. The molecule has 2 aromatic carbocycles. The number of hydrogen-bond acceptors (Lipinski definition) is 7. The van der Waals surface area contributed by atoms with E-state index >= 15 is 0 Å². The maximum atomic E-state index is 11.3. The minimum atomic E-state index is -0.529. The molecule has 0 bridgehead atoms. The minimum Gasteiger partial charge on any atom is -0.427 e. The summed E-state index contributed by atoms with van der Waals surface area (Å²) < 4.78 is 11.6. The molecule has 0 fully saturated rings. The number of nitro groups is 1. The Balaban J connectivity index is 2.13. The first kappa shape index (κ1) is 17.1. The molecule has 9 heteroatoms. The van der Waals surface area contributed by atoms with E-state index in [0.29, 0.717) is 16.6 Å². The maximum absolute atomic E-state index is 11.3. The number of ether oxygens (including phenoxy) is 2. The first-order valence-corrected chi connectivity index (χ1v) is 7.48. The Labute approximate surface area is 146 Å². The second kappa shape index (κ2) is 6.63. The van der Waals surface area contributed by atoms with Gasteiger partial charge in [0.1, 0.15) is 11.4 Å². The lowest BCUT2D eigenvalue weighted by Gasteiger charge is -2.10. The fraction of sp³-hybridized carbons (Fsp3) is 0.118. The van der Waals surface area contributed by atoms with E-state index in [4.69, 9.17) is 9.47 Å². The summed E-state index contributed by atoms with van der Waals surface area (Å²) in [5.74, 6) is -0.582. The summed E-state index contributed by atoms with van der Waals surface area (Å²) in [6, 6.07) is 8.70. The van der Waals surface area contributed by atoms with Gasteiger partial charge in [-0.2, -0.15) is 5.10 Å². The summed E-state index contributed by atoms with van der Waals surface area (Å²) in [4.78, 5) is 32.9. The van der Waals surface area contributed by atoms with Crippen molar-refractivity contribution in [2.45, 2.75) is 13.8 Å². The van der Waals surface area contributed by atoms with E-state index in [0.717, 1.165) is 0 Å². The van der Waals surface area contributed by atoms with Crippen molar-refractivity contribution < 1.29 is 24.0 Å². The van der Waals surface area contributed by atoms with E-state index in [1.165, 1.54) is 54.9 Å². The molecule has 1 aromatic heterocycles. The smallest absolute Gasteiger partial charge is 0.308 e. The lowest BCUT2D eigenvalue weighted by Crippen LogP contribution is -2.07. The Hall–Kier alpha value is -3.75. The van der Waals surface area contributed by atoms with Crippen molar-refractivity contribution in [3.05, 3.63) is 52.7 Å². The van der Waals surface area contributed by atoms with Crippen LogP contribution < -0.4 is 9.47 Å². The molecular weight excluding hydrogens is 342 g/mol. The van der Waals surface area contributed by atoms with Gasteiger partial charge < -0.3 is 9.47 Å². The van der Waals surface area contributed by atoms with E-state index in [1.807, 2.05) is 0 Å². The van der Waals surface area contributed by atoms with Gasteiger partial charge in [-0.3, -0.25) is 19.7 Å². The number of rotatable bonds is 4. The largest absolute Gasteiger partial charge is 0.427 e. The molecule has 0 amide bonds. The minimum absolute atomic E-state index is 0.0640. The monoisotopic (exact) mass is 355 g/mol. The number of nitrogens with zero attached hydrogens (tertiary/aromatic N) is 3. The van der Waals surface area contributed by atoms with Crippen molar-refractivity contribution in [3.8, 4) is 17.2 Å². The Morgan fingerprint density at radius 3 is 2.46 bits per heavy atom. The highest BCUT2D eigenvalue weighted by Gasteiger charge is 2.15. The van der Waals surface area contributed by atoms with Crippen LogP contribution in [0.3, 0.4) is 0 Å². The van der Waals surface area contributed by atoms with E-state index < -0.39 is 16.9 Å². The summed E-state index contributed by atoms with van der Waals surface area (Å²) in [5.41, 5.74) is 0.797. The number of carbonyl (C=O) groups excluding carboxylic acids is 2. The van der Waals surface area contributed by atoms with Gasteiger partial charge >= 0.3 is 11.9 Å². The highest BCUT2D eigenvalue weighted by molar-refractivity contribution is 5.81. The predicted octanol–water partition coefficient (Wildman–Crippen LogP) is 2.78. The van der Waals surface area contributed by atoms with Gasteiger partial charge in [0, 0.05) is 43.6 Å². The molecular formula is C17H13N3O6. The van der Waals surface area contributed by atoms with Crippen LogP contribution in [0.4, 0.5) is 5.69 Å². The van der Waals surface area contributed by atoms with Gasteiger partial charge in [0.15, 0.2) is 5.75 Å². The third kappa shape index (κ3) is 3.51. The molecule has 0 radical (unpaired) electrons. The molecule has 0 aliphatic heterocycles. The molecule has 0 unspecified atom stereocenters. The van der Waals surface area contributed by atoms with Crippen LogP contribution in [0.15, 0.2) is 42.6 Å². The molecule has 132 valence electrons. The van der Waals surface area contributed by atoms with Crippen LogP contribution in [0.5, 0.6) is 11.5 Å². The number of non-ortho nitro benzene ring substituents is 1. The van der Waals surface area contributed by atoms with Gasteiger partial charge in [-0.15, -0.1) is 0 Å². The van der Waals surface area contributed by atoms with Crippen LogP contribution in [-0.4, -0.2) is 26.6 Å². The van der Waals surface area contributed by atoms with Crippen molar-refractivity contribution in [3.63, 3.8) is 0 Å². The number of esters is 2. The van der Waals surface area contributed by atoms with Crippen LogP contribution in [0.1, 0.15) is 13.8 Å². The third-order valence-corrected chi connectivity index (χ3v) is 3.39. The molecule has 3 rings (SSSR count). The highest BCUT2D eigenvalue weighted by Crippen LogP contribution is 2.30. The van der Waals surface area contributed by atoms with Crippen LogP contribution >= 0.6 is 0 Å². The number of aromatic nitrogens is 2. The molecule has 26 heavy (non-hydrogen) atoms. The molecule has 0 aliphatic carbocycles. The van der Waals surface area contributed by atoms with Gasteiger partial charge in [-0.25, -0.2) is 4.68 Å². The van der Waals surface area contributed by atoms with Gasteiger partial charge in [0.25, 0.3) is 5.69 Å². The van der Waals surface area contributed by atoms with Gasteiger partial charge in [0.05, 0.1) is 10.4 Å². The van der Waals surface area contributed by atoms with Crippen LogP contribution in [0, 0.1) is 10.1 Å². The van der Waals surface area contributed by atoms with E-state index in [-0.39, 0.29) is 17.2 Å². The summed E-state index contributed by atoms with van der Waals surface area (Å²) in [6.45, 7) is 2.52. The summed E-state index contributed by atoms with van der Waals surface area (Å²) in [5, 5.41) is 15.8. The molecule has 3 aromatic rings. The Bertz CT molecular complexity index is 1040. The molecule has 0 aliphatic rings. The molecule has 1 heterocycles. The molecule has 9 nitrogen and oxygen atoms in total. The standard InChI is InChI=1S/C17H13N3O6/c1-10(21)25-14-4-6-17(26-11(2)22)16(8-14)19-9-12-7-13(20(23)24)3-5-15(12)18-19/h3-9H,1-2H3. The van der Waals surface area contributed by atoms with Crippen molar-refractivity contribution >= 4 is 28.5 Å². The van der Waals surface area contributed by atoms with E-state index in [1.54, 1.807) is 6.20 Å². The molecule has 0 spiro atoms. The lowest BCUT2D eigenvalue weighted by molar-refractivity contribution is -0.384. The first-order chi connectivity index (χ1) is 12.3. The fourth-order valence-electron chi connectivity index (χ4n) is 2.40. The SMILES string of the molecule is CC(=O)Oc1ccc(OC(C)=O)c(-n2cc3cc([N+](=O)[O-])ccc3n2)c1. The molecule has 0 saturated heterocycles. The summed E-state index contributed by atoms with van der Waals surface area (Å²) in [7, 11) is 0. The number of fused-ring (bicyclic) bond motifs is 1. The quantitative estimate of drug-likeness (QED) is 0.306. The van der Waals surface area contributed by atoms with Crippen molar-refractivity contribution in [2.24, 2.45) is 0 Å². The van der Waals surface area contributed by atoms with E-state index in [9.17, 15) is 19.7 Å².